The molecule has 0 unspecified atom stereocenters. The van der Waals surface area contributed by atoms with Gasteiger partial charge in [0.1, 0.15) is 0 Å². The first-order valence-corrected chi connectivity index (χ1v) is 13.8. The fourth-order valence-corrected chi connectivity index (χ4v) is 3.60. The topological polar surface area (TPSA) is 107 Å². The Morgan fingerprint density at radius 2 is 0.925 bits per heavy atom. The van der Waals surface area contributed by atoms with E-state index in [1.165, 1.54) is 27.7 Å². The molecule has 0 atom stereocenters. The number of benzene rings is 2. The second-order valence-electron chi connectivity index (χ2n) is 10.5. The zero-order valence-electron chi connectivity index (χ0n) is 24.4. The fraction of sp³-hybridized carbons (Fsp3) is 0.516. The smallest absolute Gasteiger partial charge is 0.398 e. The summed E-state index contributed by atoms with van der Waals surface area (Å²) in [6, 6.07) is 14.1. The molecule has 0 amide bonds. The van der Waals surface area contributed by atoms with Gasteiger partial charge in [0, 0.05) is 27.7 Å². The Balaban J connectivity index is 1.77. The molecule has 0 radical (unpaired) electrons. The van der Waals surface area contributed by atoms with Crippen molar-refractivity contribution in [3.63, 3.8) is 0 Å². The molecule has 0 spiro atoms. The SMILES string of the molecule is CCCCCc1ccc(C(=O)OOC(C)(C)OC(=O)OC(C)(C)OOC(=O)c2ccc(CCCCC)cc2)cc1. The zero-order valence-corrected chi connectivity index (χ0v) is 24.4. The summed E-state index contributed by atoms with van der Waals surface area (Å²) in [6.07, 6.45) is 7.43. The number of aryl methyl sites for hydroxylation is 2. The van der Waals surface area contributed by atoms with Gasteiger partial charge in [0.15, 0.2) is 0 Å². The highest BCUT2D eigenvalue weighted by atomic mass is 17.3. The lowest BCUT2D eigenvalue weighted by Gasteiger charge is -2.26. The average Bonchev–Trinajstić information content (AvgIpc) is 2.91. The van der Waals surface area contributed by atoms with E-state index in [0.717, 1.165) is 62.5 Å². The Morgan fingerprint density at radius 1 is 0.575 bits per heavy atom. The minimum absolute atomic E-state index is 0.292. The van der Waals surface area contributed by atoms with Crippen LogP contribution in [0.4, 0.5) is 4.79 Å². The highest BCUT2D eigenvalue weighted by Crippen LogP contribution is 2.20. The summed E-state index contributed by atoms with van der Waals surface area (Å²) in [6.45, 7) is 9.73. The second kappa shape index (κ2) is 16.0. The molecular weight excluding hydrogens is 516 g/mol. The molecule has 0 saturated carbocycles. The van der Waals surface area contributed by atoms with E-state index in [1.807, 2.05) is 24.3 Å². The van der Waals surface area contributed by atoms with E-state index in [1.54, 1.807) is 24.3 Å². The first-order chi connectivity index (χ1) is 18.9. The highest BCUT2D eigenvalue weighted by molar-refractivity contribution is 5.89. The summed E-state index contributed by atoms with van der Waals surface area (Å²) in [4.78, 5) is 56.8. The Labute approximate surface area is 236 Å². The van der Waals surface area contributed by atoms with Crippen molar-refractivity contribution in [2.75, 3.05) is 0 Å². The van der Waals surface area contributed by atoms with Crippen LogP contribution in [0.25, 0.3) is 0 Å². The maximum atomic E-state index is 12.3. The quantitative estimate of drug-likeness (QED) is 0.0675. The number of hydrogen-bond donors (Lipinski definition) is 0. The molecule has 220 valence electrons. The summed E-state index contributed by atoms with van der Waals surface area (Å²) in [5.41, 5.74) is 2.84. The van der Waals surface area contributed by atoms with Gasteiger partial charge in [-0.15, -0.1) is 9.78 Å². The Morgan fingerprint density at radius 3 is 1.25 bits per heavy atom. The van der Waals surface area contributed by atoms with Crippen LogP contribution in [0, 0.1) is 0 Å². The van der Waals surface area contributed by atoms with Gasteiger partial charge in [0.05, 0.1) is 11.1 Å². The molecule has 2 aromatic rings. The van der Waals surface area contributed by atoms with Gasteiger partial charge in [-0.05, 0) is 61.1 Å². The third-order valence-corrected chi connectivity index (χ3v) is 5.81. The lowest BCUT2D eigenvalue weighted by atomic mass is 10.1. The average molecular weight is 559 g/mol. The summed E-state index contributed by atoms with van der Waals surface area (Å²) >= 11 is 0. The number of ether oxygens (including phenoxy) is 2. The third kappa shape index (κ3) is 12.2. The van der Waals surface area contributed by atoms with Crippen LogP contribution in [-0.2, 0) is 41.9 Å². The minimum atomic E-state index is -1.68. The monoisotopic (exact) mass is 558 g/mol. The molecule has 0 bridgehead atoms. The van der Waals surface area contributed by atoms with Crippen LogP contribution in [0.5, 0.6) is 0 Å². The van der Waals surface area contributed by atoms with Crippen molar-refractivity contribution >= 4 is 18.1 Å². The lowest BCUT2D eigenvalue weighted by molar-refractivity contribution is -0.391. The molecule has 2 rings (SSSR count). The minimum Gasteiger partial charge on any atom is -0.398 e. The van der Waals surface area contributed by atoms with Gasteiger partial charge in [0.2, 0.25) is 0 Å². The molecule has 0 saturated heterocycles. The molecule has 0 aromatic heterocycles. The van der Waals surface area contributed by atoms with Gasteiger partial charge in [-0.3, -0.25) is 9.78 Å². The Bertz CT molecular complexity index is 987. The van der Waals surface area contributed by atoms with E-state index in [9.17, 15) is 14.4 Å². The number of rotatable bonds is 16. The number of carbonyl (C=O) groups excluding carboxylic acids is 3. The van der Waals surface area contributed by atoms with E-state index in [2.05, 4.69) is 13.8 Å². The second-order valence-corrected chi connectivity index (χ2v) is 10.5. The third-order valence-electron chi connectivity index (χ3n) is 5.81. The van der Waals surface area contributed by atoms with Crippen LogP contribution >= 0.6 is 0 Å². The molecule has 0 fully saturated rings. The molecule has 9 nitrogen and oxygen atoms in total. The van der Waals surface area contributed by atoms with Crippen molar-refractivity contribution in [2.45, 2.75) is 104 Å². The largest absolute Gasteiger partial charge is 0.513 e. The van der Waals surface area contributed by atoms with Crippen molar-refractivity contribution in [3.05, 3.63) is 70.8 Å². The first kappa shape index (κ1) is 32.8. The molecule has 0 aliphatic heterocycles. The Kier molecular flexibility index (Phi) is 13.1. The molecule has 0 aliphatic rings. The molecule has 9 heteroatoms. The molecule has 0 heterocycles. The van der Waals surface area contributed by atoms with Gasteiger partial charge in [0.25, 0.3) is 11.6 Å². The Hall–Kier alpha value is -3.43. The fourth-order valence-electron chi connectivity index (χ4n) is 3.60. The van der Waals surface area contributed by atoms with Crippen LogP contribution in [-0.4, -0.2) is 29.7 Å². The van der Waals surface area contributed by atoms with Crippen LogP contribution in [0.3, 0.4) is 0 Å². The molecule has 0 aliphatic carbocycles. The number of unbranched alkanes of at least 4 members (excludes halogenated alkanes) is 4. The molecular formula is C31H42O9. The van der Waals surface area contributed by atoms with Crippen molar-refractivity contribution in [3.8, 4) is 0 Å². The summed E-state index contributed by atoms with van der Waals surface area (Å²) in [5.74, 6) is -4.85. The van der Waals surface area contributed by atoms with E-state index in [-0.39, 0.29) is 0 Å². The summed E-state index contributed by atoms with van der Waals surface area (Å²) in [5, 5.41) is 0. The van der Waals surface area contributed by atoms with Gasteiger partial charge in [-0.2, -0.15) is 0 Å². The van der Waals surface area contributed by atoms with Crippen molar-refractivity contribution < 1.29 is 43.4 Å². The molecule has 0 N–H and O–H groups in total. The number of hydrogen-bond acceptors (Lipinski definition) is 9. The van der Waals surface area contributed by atoms with Gasteiger partial charge >= 0.3 is 18.1 Å². The standard InChI is InChI=1S/C31H42O9/c1-7-9-11-13-23-15-19-25(20-16-23)27(32)37-39-30(3,4)35-29(34)36-31(5,6)40-38-28(33)26-21-17-24(18-22-26)14-12-10-8-2/h15-22H,7-14H2,1-6H3. The normalized spacial score (nSPS) is 11.6. The highest BCUT2D eigenvalue weighted by Gasteiger charge is 2.34. The summed E-state index contributed by atoms with van der Waals surface area (Å²) < 4.78 is 10.2. The van der Waals surface area contributed by atoms with Crippen molar-refractivity contribution in [1.82, 2.24) is 0 Å². The van der Waals surface area contributed by atoms with Crippen molar-refractivity contribution in [2.24, 2.45) is 0 Å². The van der Waals surface area contributed by atoms with Gasteiger partial charge in [-0.25, -0.2) is 14.4 Å². The van der Waals surface area contributed by atoms with E-state index < -0.39 is 29.7 Å². The molecule has 2 aromatic carbocycles. The van der Waals surface area contributed by atoms with Crippen molar-refractivity contribution in [1.29, 1.82) is 0 Å². The van der Waals surface area contributed by atoms with E-state index in [0.29, 0.717) is 11.1 Å². The lowest BCUT2D eigenvalue weighted by Crippen LogP contribution is -2.38. The van der Waals surface area contributed by atoms with Gasteiger partial charge < -0.3 is 9.47 Å². The van der Waals surface area contributed by atoms with Gasteiger partial charge in [-0.1, -0.05) is 63.8 Å². The maximum Gasteiger partial charge on any atom is 0.513 e. The van der Waals surface area contributed by atoms with Crippen LogP contribution < -0.4 is 0 Å². The van der Waals surface area contributed by atoms with E-state index >= 15 is 0 Å². The predicted molar refractivity (Wildman–Crippen MR) is 148 cm³/mol. The maximum absolute atomic E-state index is 12.3. The zero-order chi connectivity index (χ0) is 29.6. The predicted octanol–water partition coefficient (Wildman–Crippen LogP) is 7.65. The first-order valence-electron chi connectivity index (χ1n) is 13.8. The summed E-state index contributed by atoms with van der Waals surface area (Å²) in [7, 11) is 0. The van der Waals surface area contributed by atoms with E-state index in [4.69, 9.17) is 29.0 Å². The van der Waals surface area contributed by atoms with Crippen LogP contribution in [0.15, 0.2) is 48.5 Å². The molecule has 40 heavy (non-hydrogen) atoms. The van der Waals surface area contributed by atoms with Crippen LogP contribution in [0.1, 0.15) is 112 Å². The van der Waals surface area contributed by atoms with Crippen LogP contribution in [0.2, 0.25) is 0 Å². The number of carbonyl (C=O) groups is 3.